The van der Waals surface area contributed by atoms with Gasteiger partial charge in [0.2, 0.25) is 0 Å². The number of ether oxygens (including phenoxy) is 2. The molecule has 7 nitrogen and oxygen atoms in total. The van der Waals surface area contributed by atoms with Crippen molar-refractivity contribution in [3.8, 4) is 5.75 Å². The number of carbonyl (C=O) groups excluding carboxylic acids is 2. The topological polar surface area (TPSA) is 88.7 Å². The third kappa shape index (κ3) is 9.03. The van der Waals surface area contributed by atoms with E-state index in [1.807, 2.05) is 0 Å². The smallest absolute Gasteiger partial charge is 0.257 e. The Hall–Kier alpha value is -2.97. The molecule has 2 aromatic rings. The second-order valence-corrected chi connectivity index (χ2v) is 7.58. The van der Waals surface area contributed by atoms with Gasteiger partial charge in [-0.1, -0.05) is 26.2 Å². The number of amides is 2. The second-order valence-electron chi connectivity index (χ2n) is 7.17. The maximum atomic E-state index is 12.4. The SMILES string of the molecule is CCCCCCOc1ccc(C(=O)NC(=S)Nc2ccc(C(=O)NCCOC)cc2)cc1. The Bertz CT molecular complexity index is 870. The normalized spacial score (nSPS) is 10.3. The molecule has 0 aliphatic heterocycles. The molecule has 2 rings (SSSR count). The molecule has 0 spiro atoms. The minimum atomic E-state index is -0.314. The van der Waals surface area contributed by atoms with Crippen LogP contribution < -0.4 is 20.7 Å². The lowest BCUT2D eigenvalue weighted by molar-refractivity contribution is 0.0935. The van der Waals surface area contributed by atoms with Crippen molar-refractivity contribution in [1.29, 1.82) is 0 Å². The Kier molecular flexibility index (Phi) is 11.2. The Balaban J connectivity index is 1.78. The molecule has 2 amide bonds. The van der Waals surface area contributed by atoms with Crippen LogP contribution in [0.25, 0.3) is 0 Å². The van der Waals surface area contributed by atoms with Gasteiger partial charge in [0.1, 0.15) is 5.75 Å². The van der Waals surface area contributed by atoms with Gasteiger partial charge in [0, 0.05) is 30.5 Å². The molecular weight excluding hydrogens is 426 g/mol. The van der Waals surface area contributed by atoms with Crippen molar-refractivity contribution in [3.63, 3.8) is 0 Å². The van der Waals surface area contributed by atoms with Crippen molar-refractivity contribution in [2.24, 2.45) is 0 Å². The van der Waals surface area contributed by atoms with Crippen molar-refractivity contribution in [3.05, 3.63) is 59.7 Å². The molecule has 2 aromatic carbocycles. The molecule has 0 saturated carbocycles. The Labute approximate surface area is 194 Å². The summed E-state index contributed by atoms with van der Waals surface area (Å²) in [5.74, 6) is 0.245. The van der Waals surface area contributed by atoms with E-state index in [9.17, 15) is 9.59 Å². The van der Waals surface area contributed by atoms with Crippen LogP contribution in [0.15, 0.2) is 48.5 Å². The predicted octanol–water partition coefficient (Wildman–Crippen LogP) is 4.15. The molecule has 3 N–H and O–H groups in total. The number of hydrogen-bond acceptors (Lipinski definition) is 5. The van der Waals surface area contributed by atoms with Crippen LogP contribution in [0, 0.1) is 0 Å². The standard InChI is InChI=1S/C24H31N3O4S/c1-3-4-5-6-16-31-21-13-9-19(10-14-21)23(29)27-24(32)26-20-11-7-18(8-12-20)22(28)25-15-17-30-2/h7-14H,3-6,15-17H2,1-2H3,(H,25,28)(H2,26,27,29,32). The maximum absolute atomic E-state index is 12.4. The molecule has 0 aliphatic rings. The van der Waals surface area contributed by atoms with E-state index in [0.717, 1.165) is 18.6 Å². The molecule has 0 aliphatic carbocycles. The molecule has 0 aromatic heterocycles. The Morgan fingerprint density at radius 2 is 1.53 bits per heavy atom. The first-order valence-corrected chi connectivity index (χ1v) is 11.2. The molecule has 0 atom stereocenters. The van der Waals surface area contributed by atoms with Gasteiger partial charge >= 0.3 is 0 Å². The highest BCUT2D eigenvalue weighted by molar-refractivity contribution is 7.80. The second kappa shape index (κ2) is 14.2. The van der Waals surface area contributed by atoms with Crippen molar-refractivity contribution in [2.45, 2.75) is 32.6 Å². The number of carbonyl (C=O) groups is 2. The van der Waals surface area contributed by atoms with Crippen LogP contribution in [0.4, 0.5) is 5.69 Å². The van der Waals surface area contributed by atoms with Crippen molar-refractivity contribution in [2.75, 3.05) is 32.2 Å². The molecule has 172 valence electrons. The van der Waals surface area contributed by atoms with Crippen LogP contribution in [0.3, 0.4) is 0 Å². The van der Waals surface area contributed by atoms with Gasteiger partial charge < -0.3 is 20.1 Å². The van der Waals surface area contributed by atoms with Crippen LogP contribution in [-0.2, 0) is 4.74 Å². The quantitative estimate of drug-likeness (QED) is 0.328. The molecular formula is C24H31N3O4S. The number of benzene rings is 2. The molecule has 0 heterocycles. The third-order valence-electron chi connectivity index (χ3n) is 4.61. The number of thiocarbonyl (C=S) groups is 1. The lowest BCUT2D eigenvalue weighted by Gasteiger charge is -2.11. The van der Waals surface area contributed by atoms with Crippen molar-refractivity contribution >= 4 is 34.8 Å². The van der Waals surface area contributed by atoms with E-state index in [-0.39, 0.29) is 16.9 Å². The number of nitrogens with one attached hydrogen (secondary N) is 3. The summed E-state index contributed by atoms with van der Waals surface area (Å²) < 4.78 is 10.6. The first-order chi connectivity index (χ1) is 15.5. The molecule has 0 saturated heterocycles. The van der Waals surface area contributed by atoms with Gasteiger partial charge in [-0.05, 0) is 67.2 Å². The van der Waals surface area contributed by atoms with E-state index in [0.29, 0.717) is 36.6 Å². The average Bonchev–Trinajstić information content (AvgIpc) is 2.80. The largest absolute Gasteiger partial charge is 0.494 e. The molecule has 0 fully saturated rings. The van der Waals surface area contributed by atoms with E-state index < -0.39 is 0 Å². The minimum absolute atomic E-state index is 0.170. The molecule has 0 bridgehead atoms. The predicted molar refractivity (Wildman–Crippen MR) is 130 cm³/mol. The first kappa shape index (κ1) is 25.3. The summed E-state index contributed by atoms with van der Waals surface area (Å²) in [6, 6.07) is 13.8. The van der Waals surface area contributed by atoms with Gasteiger partial charge in [-0.25, -0.2) is 0 Å². The summed E-state index contributed by atoms with van der Waals surface area (Å²) in [7, 11) is 1.58. The highest BCUT2D eigenvalue weighted by Crippen LogP contribution is 2.14. The Morgan fingerprint density at radius 3 is 2.19 bits per heavy atom. The summed E-state index contributed by atoms with van der Waals surface area (Å²) in [5, 5.41) is 8.51. The van der Waals surface area contributed by atoms with Crippen LogP contribution in [0.1, 0.15) is 53.3 Å². The van der Waals surface area contributed by atoms with Crippen LogP contribution >= 0.6 is 12.2 Å². The molecule has 8 heteroatoms. The maximum Gasteiger partial charge on any atom is 0.257 e. The summed E-state index contributed by atoms with van der Waals surface area (Å²) in [6.45, 7) is 3.74. The number of rotatable bonds is 12. The van der Waals surface area contributed by atoms with E-state index >= 15 is 0 Å². The van der Waals surface area contributed by atoms with Gasteiger partial charge in [0.15, 0.2) is 5.11 Å². The fourth-order valence-corrected chi connectivity index (χ4v) is 3.04. The average molecular weight is 458 g/mol. The highest BCUT2D eigenvalue weighted by Gasteiger charge is 2.09. The lowest BCUT2D eigenvalue weighted by atomic mass is 10.2. The molecule has 0 radical (unpaired) electrons. The van der Waals surface area contributed by atoms with Crippen LogP contribution in [0.2, 0.25) is 0 Å². The zero-order valence-electron chi connectivity index (χ0n) is 18.6. The van der Waals surface area contributed by atoms with Crippen molar-refractivity contribution < 1.29 is 19.1 Å². The fraction of sp³-hybridized carbons (Fsp3) is 0.375. The summed E-state index contributed by atoms with van der Waals surface area (Å²) >= 11 is 5.22. The van der Waals surface area contributed by atoms with E-state index in [4.69, 9.17) is 21.7 Å². The third-order valence-corrected chi connectivity index (χ3v) is 4.81. The molecule has 32 heavy (non-hydrogen) atoms. The van der Waals surface area contributed by atoms with Gasteiger partial charge in [-0.15, -0.1) is 0 Å². The van der Waals surface area contributed by atoms with Crippen molar-refractivity contribution in [1.82, 2.24) is 10.6 Å². The van der Waals surface area contributed by atoms with E-state index in [2.05, 4.69) is 22.9 Å². The van der Waals surface area contributed by atoms with Crippen LogP contribution in [0.5, 0.6) is 5.75 Å². The zero-order valence-corrected chi connectivity index (χ0v) is 19.4. The van der Waals surface area contributed by atoms with E-state index in [1.165, 1.54) is 12.8 Å². The summed E-state index contributed by atoms with van der Waals surface area (Å²) in [5.41, 5.74) is 1.67. The number of hydrogen-bond donors (Lipinski definition) is 3. The summed E-state index contributed by atoms with van der Waals surface area (Å²) in [6.07, 6.45) is 4.59. The number of unbranched alkanes of at least 4 members (excludes halogenated alkanes) is 3. The fourth-order valence-electron chi connectivity index (χ4n) is 2.83. The minimum Gasteiger partial charge on any atom is -0.494 e. The first-order valence-electron chi connectivity index (χ1n) is 10.8. The van der Waals surface area contributed by atoms with Crippen LogP contribution in [-0.4, -0.2) is 43.8 Å². The number of anilines is 1. The van der Waals surface area contributed by atoms with Gasteiger partial charge in [0.05, 0.1) is 13.2 Å². The summed E-state index contributed by atoms with van der Waals surface area (Å²) in [4.78, 5) is 24.4. The van der Waals surface area contributed by atoms with Gasteiger partial charge in [-0.3, -0.25) is 14.9 Å². The molecule has 0 unspecified atom stereocenters. The van der Waals surface area contributed by atoms with Gasteiger partial charge in [0.25, 0.3) is 11.8 Å². The van der Waals surface area contributed by atoms with E-state index in [1.54, 1.807) is 55.6 Å². The lowest BCUT2D eigenvalue weighted by Crippen LogP contribution is -2.34. The highest BCUT2D eigenvalue weighted by atomic mass is 32.1. The van der Waals surface area contributed by atoms with Gasteiger partial charge in [-0.2, -0.15) is 0 Å². The Morgan fingerprint density at radius 1 is 0.875 bits per heavy atom. The monoisotopic (exact) mass is 457 g/mol. The zero-order chi connectivity index (χ0) is 23.2. The number of methoxy groups -OCH3 is 1.